The molecular weight excluding hydrogens is 248 g/mol. The van der Waals surface area contributed by atoms with Gasteiger partial charge in [-0.1, -0.05) is 11.6 Å². The molecule has 0 bridgehead atoms. The van der Waals surface area contributed by atoms with E-state index in [1.807, 2.05) is 0 Å². The molecular formula is C6H5ClN2O5S. The van der Waals surface area contributed by atoms with E-state index in [4.69, 9.17) is 16.2 Å². The summed E-state index contributed by atoms with van der Waals surface area (Å²) < 4.78 is 31.0. The van der Waals surface area contributed by atoms with Crippen molar-refractivity contribution in [1.82, 2.24) is 0 Å². The number of nitrogens with one attached hydrogen (secondary N) is 1. The van der Waals surface area contributed by atoms with Crippen LogP contribution in [0.25, 0.3) is 0 Å². The predicted octanol–water partition coefficient (Wildman–Crippen LogP) is 1.46. The molecule has 0 amide bonds. The number of halogens is 1. The van der Waals surface area contributed by atoms with Crippen molar-refractivity contribution in [2.75, 3.05) is 4.72 Å². The van der Waals surface area contributed by atoms with Crippen LogP contribution in [0.4, 0.5) is 11.4 Å². The van der Waals surface area contributed by atoms with Gasteiger partial charge < -0.3 is 0 Å². The minimum atomic E-state index is -4.56. The zero-order chi connectivity index (χ0) is 11.6. The van der Waals surface area contributed by atoms with E-state index in [-0.39, 0.29) is 5.02 Å². The maximum atomic E-state index is 10.5. The highest BCUT2D eigenvalue weighted by Gasteiger charge is 2.17. The summed E-state index contributed by atoms with van der Waals surface area (Å²) in [4.78, 5) is 9.66. The quantitative estimate of drug-likeness (QED) is 0.481. The number of anilines is 1. The van der Waals surface area contributed by atoms with Crippen molar-refractivity contribution >= 4 is 33.3 Å². The Morgan fingerprint density at radius 1 is 1.47 bits per heavy atom. The summed E-state index contributed by atoms with van der Waals surface area (Å²) >= 11 is 5.51. The molecule has 2 N–H and O–H groups in total. The van der Waals surface area contributed by atoms with Crippen LogP contribution in [0.1, 0.15) is 0 Å². The van der Waals surface area contributed by atoms with Crippen LogP contribution in [0.3, 0.4) is 0 Å². The highest BCUT2D eigenvalue weighted by Crippen LogP contribution is 2.28. The zero-order valence-corrected chi connectivity index (χ0v) is 8.62. The maximum Gasteiger partial charge on any atom is 0.357 e. The second kappa shape index (κ2) is 4.01. The van der Waals surface area contributed by atoms with Gasteiger partial charge in [-0.05, 0) is 12.1 Å². The van der Waals surface area contributed by atoms with E-state index in [2.05, 4.69) is 0 Å². The monoisotopic (exact) mass is 252 g/mol. The maximum absolute atomic E-state index is 10.5. The van der Waals surface area contributed by atoms with Crippen LogP contribution in [-0.2, 0) is 10.3 Å². The Morgan fingerprint density at radius 2 is 2.07 bits per heavy atom. The van der Waals surface area contributed by atoms with Gasteiger partial charge in [0.15, 0.2) is 0 Å². The summed E-state index contributed by atoms with van der Waals surface area (Å²) in [5.74, 6) is 0. The van der Waals surface area contributed by atoms with Gasteiger partial charge in [-0.2, -0.15) is 8.42 Å². The summed E-state index contributed by atoms with van der Waals surface area (Å²) in [6.07, 6.45) is 0. The van der Waals surface area contributed by atoms with Gasteiger partial charge in [0.2, 0.25) is 0 Å². The molecule has 0 radical (unpaired) electrons. The van der Waals surface area contributed by atoms with Gasteiger partial charge in [0, 0.05) is 11.1 Å². The summed E-state index contributed by atoms with van der Waals surface area (Å²) in [6, 6.07) is 3.28. The van der Waals surface area contributed by atoms with Crippen LogP contribution in [0.2, 0.25) is 5.02 Å². The third-order valence-corrected chi connectivity index (χ3v) is 2.11. The van der Waals surface area contributed by atoms with Gasteiger partial charge in [-0.3, -0.25) is 19.4 Å². The van der Waals surface area contributed by atoms with E-state index in [1.54, 1.807) is 4.72 Å². The Hall–Kier alpha value is -1.38. The number of hydrogen-bond donors (Lipinski definition) is 2. The lowest BCUT2D eigenvalue weighted by atomic mass is 10.3. The van der Waals surface area contributed by atoms with E-state index < -0.39 is 26.6 Å². The second-order valence-electron chi connectivity index (χ2n) is 2.50. The van der Waals surface area contributed by atoms with Gasteiger partial charge in [-0.25, -0.2) is 0 Å². The lowest BCUT2D eigenvalue weighted by Gasteiger charge is -2.03. The first-order valence-corrected chi connectivity index (χ1v) is 5.30. The van der Waals surface area contributed by atoms with Crippen LogP contribution in [0.15, 0.2) is 18.2 Å². The SMILES string of the molecule is O=[N+]([O-])c1ccc(Cl)cc1NS(=O)(=O)O. The van der Waals surface area contributed by atoms with E-state index >= 15 is 0 Å². The molecule has 0 spiro atoms. The first-order chi connectivity index (χ1) is 6.79. The number of nitrogens with zero attached hydrogens (tertiary/aromatic N) is 1. The Bertz CT molecular complexity index is 500. The Balaban J connectivity index is 3.25. The molecule has 0 aliphatic rings. The third-order valence-electron chi connectivity index (χ3n) is 1.39. The summed E-state index contributed by atoms with van der Waals surface area (Å²) in [6.45, 7) is 0. The fourth-order valence-corrected chi connectivity index (χ4v) is 1.50. The van der Waals surface area contributed by atoms with Crippen molar-refractivity contribution in [3.63, 3.8) is 0 Å². The van der Waals surface area contributed by atoms with Crippen molar-refractivity contribution in [1.29, 1.82) is 0 Å². The van der Waals surface area contributed by atoms with E-state index in [0.29, 0.717) is 0 Å². The van der Waals surface area contributed by atoms with Crippen molar-refractivity contribution < 1.29 is 17.9 Å². The molecule has 0 fully saturated rings. The summed E-state index contributed by atoms with van der Waals surface area (Å²) in [5.41, 5.74) is -0.896. The molecule has 1 aromatic rings. The zero-order valence-electron chi connectivity index (χ0n) is 7.05. The first kappa shape index (κ1) is 11.7. The average Bonchev–Trinajstić information content (AvgIpc) is 1.99. The molecule has 1 rings (SSSR count). The largest absolute Gasteiger partial charge is 0.357 e. The molecule has 9 heteroatoms. The Labute approximate surface area is 89.7 Å². The molecule has 0 heterocycles. The van der Waals surface area contributed by atoms with Crippen LogP contribution >= 0.6 is 11.6 Å². The fourth-order valence-electron chi connectivity index (χ4n) is 0.888. The summed E-state index contributed by atoms with van der Waals surface area (Å²) in [5, 5.41) is 10.6. The van der Waals surface area contributed by atoms with Gasteiger partial charge >= 0.3 is 10.3 Å². The number of benzene rings is 1. The minimum Gasteiger partial charge on any atom is -0.269 e. The van der Waals surface area contributed by atoms with Crippen molar-refractivity contribution in [2.45, 2.75) is 0 Å². The van der Waals surface area contributed by atoms with Crippen LogP contribution in [0, 0.1) is 10.1 Å². The number of nitro groups is 1. The van der Waals surface area contributed by atoms with Crippen LogP contribution in [0.5, 0.6) is 0 Å². The fraction of sp³-hybridized carbons (Fsp3) is 0. The van der Waals surface area contributed by atoms with Gasteiger partial charge in [0.25, 0.3) is 5.69 Å². The second-order valence-corrected chi connectivity index (χ2v) is 4.09. The van der Waals surface area contributed by atoms with E-state index in [9.17, 15) is 18.5 Å². The van der Waals surface area contributed by atoms with Gasteiger partial charge in [-0.15, -0.1) is 0 Å². The molecule has 0 saturated heterocycles. The van der Waals surface area contributed by atoms with E-state index in [0.717, 1.165) is 12.1 Å². The molecule has 0 aliphatic heterocycles. The molecule has 82 valence electrons. The Morgan fingerprint density at radius 3 is 2.53 bits per heavy atom. The van der Waals surface area contributed by atoms with Gasteiger partial charge in [0.1, 0.15) is 5.69 Å². The standard InChI is InChI=1S/C6H5ClN2O5S/c7-4-1-2-6(9(10)11)5(3-4)8-15(12,13)14/h1-3,8H,(H,12,13,14). The third kappa shape index (κ3) is 3.35. The predicted molar refractivity (Wildman–Crippen MR) is 53.3 cm³/mol. The molecule has 7 nitrogen and oxygen atoms in total. The first-order valence-electron chi connectivity index (χ1n) is 3.49. The smallest absolute Gasteiger partial charge is 0.269 e. The molecule has 0 atom stereocenters. The van der Waals surface area contributed by atoms with Gasteiger partial charge in [0.05, 0.1) is 4.92 Å². The number of hydrogen-bond acceptors (Lipinski definition) is 4. The lowest BCUT2D eigenvalue weighted by molar-refractivity contribution is -0.383. The number of nitro benzene ring substituents is 1. The molecule has 0 aromatic heterocycles. The molecule has 1 aromatic carbocycles. The highest BCUT2D eigenvalue weighted by molar-refractivity contribution is 7.87. The molecule has 0 aliphatic carbocycles. The minimum absolute atomic E-state index is 0.103. The Kier molecular flexibility index (Phi) is 3.12. The van der Waals surface area contributed by atoms with Crippen LogP contribution in [-0.4, -0.2) is 17.9 Å². The van der Waals surface area contributed by atoms with E-state index in [1.165, 1.54) is 6.07 Å². The average molecular weight is 253 g/mol. The summed E-state index contributed by atoms with van der Waals surface area (Å²) in [7, 11) is -4.56. The topological polar surface area (TPSA) is 110 Å². The van der Waals surface area contributed by atoms with Crippen LogP contribution < -0.4 is 4.72 Å². The normalized spacial score (nSPS) is 11.1. The van der Waals surface area contributed by atoms with Crippen molar-refractivity contribution in [2.24, 2.45) is 0 Å². The molecule has 0 saturated carbocycles. The molecule has 15 heavy (non-hydrogen) atoms. The lowest BCUT2D eigenvalue weighted by Crippen LogP contribution is -2.11. The molecule has 0 unspecified atom stereocenters. The number of rotatable bonds is 3. The highest BCUT2D eigenvalue weighted by atomic mass is 35.5. The van der Waals surface area contributed by atoms with Crippen molar-refractivity contribution in [3.8, 4) is 0 Å². The van der Waals surface area contributed by atoms with Crippen molar-refractivity contribution in [3.05, 3.63) is 33.3 Å².